The van der Waals surface area contributed by atoms with Gasteiger partial charge in [0.05, 0.1) is 14.2 Å². The Balaban J connectivity index is 2.05. The first-order valence-electron chi connectivity index (χ1n) is 6.90. The van der Waals surface area contributed by atoms with E-state index in [0.717, 1.165) is 18.4 Å². The van der Waals surface area contributed by atoms with Gasteiger partial charge in [0.2, 0.25) is 5.82 Å². The smallest absolute Gasteiger partial charge is 0.212 e. The first kappa shape index (κ1) is 15.2. The van der Waals surface area contributed by atoms with Crippen molar-refractivity contribution < 1.29 is 9.47 Å². The van der Waals surface area contributed by atoms with E-state index in [1.54, 1.807) is 14.2 Å². The average Bonchev–Trinajstić information content (AvgIpc) is 2.91. The van der Waals surface area contributed by atoms with E-state index in [0.29, 0.717) is 17.3 Å². The quantitative estimate of drug-likeness (QED) is 0.821. The molecule has 0 fully saturated rings. The zero-order chi connectivity index (χ0) is 15.2. The van der Waals surface area contributed by atoms with Crippen LogP contribution in [0, 0.1) is 0 Å². The van der Waals surface area contributed by atoms with E-state index in [4.69, 9.17) is 15.2 Å². The maximum Gasteiger partial charge on any atom is 0.212 e. The number of tetrazole rings is 1. The van der Waals surface area contributed by atoms with Crippen LogP contribution in [0.2, 0.25) is 0 Å². The van der Waals surface area contributed by atoms with Gasteiger partial charge in [0.1, 0.15) is 0 Å². The van der Waals surface area contributed by atoms with Gasteiger partial charge in [-0.25, -0.2) is 0 Å². The topological polar surface area (TPSA) is 88.1 Å². The molecule has 1 aromatic heterocycles. The van der Waals surface area contributed by atoms with Gasteiger partial charge in [-0.05, 0) is 35.8 Å². The number of aryl methyl sites for hydroxylation is 1. The number of aromatic nitrogens is 4. The zero-order valence-corrected chi connectivity index (χ0v) is 12.6. The standard InChI is InChI=1S/C14H21N5O2/c1-4-11(15)7-10-5-6-12(13(8-10)20-3)21-9-14-16-18-19(2)17-14/h5-6,8,11H,4,7,9,15H2,1-3H3. The number of benzene rings is 1. The molecule has 0 radical (unpaired) electrons. The molecule has 0 aliphatic carbocycles. The molecule has 0 bridgehead atoms. The Hall–Kier alpha value is -2.15. The molecule has 1 unspecified atom stereocenters. The predicted octanol–water partition coefficient (Wildman–Crippen LogP) is 1.08. The second-order valence-corrected chi connectivity index (χ2v) is 4.84. The van der Waals surface area contributed by atoms with Crippen LogP contribution in [0.3, 0.4) is 0 Å². The van der Waals surface area contributed by atoms with Crippen molar-refractivity contribution in [2.75, 3.05) is 7.11 Å². The van der Waals surface area contributed by atoms with E-state index in [1.807, 2.05) is 18.2 Å². The molecule has 1 atom stereocenters. The van der Waals surface area contributed by atoms with Gasteiger partial charge in [0.15, 0.2) is 18.1 Å². The van der Waals surface area contributed by atoms with Gasteiger partial charge in [0, 0.05) is 6.04 Å². The molecule has 0 saturated carbocycles. The lowest BCUT2D eigenvalue weighted by Crippen LogP contribution is -2.21. The van der Waals surface area contributed by atoms with Gasteiger partial charge in [-0.15, -0.1) is 10.2 Å². The van der Waals surface area contributed by atoms with Crippen molar-refractivity contribution in [3.05, 3.63) is 29.6 Å². The summed E-state index contributed by atoms with van der Waals surface area (Å²) in [6.45, 7) is 2.32. The molecular weight excluding hydrogens is 270 g/mol. The Bertz CT molecular complexity index is 584. The number of nitrogens with zero attached hydrogens (tertiary/aromatic N) is 4. The molecular formula is C14H21N5O2. The third-order valence-corrected chi connectivity index (χ3v) is 3.16. The second kappa shape index (κ2) is 7.03. The van der Waals surface area contributed by atoms with Crippen LogP contribution in [0.4, 0.5) is 0 Å². The summed E-state index contributed by atoms with van der Waals surface area (Å²) in [5.74, 6) is 1.86. The molecule has 1 heterocycles. The SMILES string of the molecule is CCC(N)Cc1ccc(OCc2nnn(C)n2)c(OC)c1. The summed E-state index contributed by atoms with van der Waals surface area (Å²) in [7, 11) is 3.33. The Morgan fingerprint density at radius 3 is 2.76 bits per heavy atom. The molecule has 21 heavy (non-hydrogen) atoms. The minimum atomic E-state index is 0.158. The Morgan fingerprint density at radius 1 is 1.33 bits per heavy atom. The maximum absolute atomic E-state index is 5.97. The highest BCUT2D eigenvalue weighted by Gasteiger charge is 2.09. The van der Waals surface area contributed by atoms with Crippen LogP contribution in [-0.2, 0) is 20.1 Å². The number of rotatable bonds is 7. The van der Waals surface area contributed by atoms with Crippen molar-refractivity contribution in [3.8, 4) is 11.5 Å². The molecule has 2 N–H and O–H groups in total. The van der Waals surface area contributed by atoms with E-state index in [2.05, 4.69) is 22.3 Å². The monoisotopic (exact) mass is 291 g/mol. The van der Waals surface area contributed by atoms with Gasteiger partial charge < -0.3 is 15.2 Å². The second-order valence-electron chi connectivity index (χ2n) is 4.84. The molecule has 0 aliphatic rings. The Labute approximate surface area is 124 Å². The molecule has 7 nitrogen and oxygen atoms in total. The molecule has 2 aromatic rings. The zero-order valence-electron chi connectivity index (χ0n) is 12.6. The highest BCUT2D eigenvalue weighted by Crippen LogP contribution is 2.29. The van der Waals surface area contributed by atoms with Crippen LogP contribution in [0.25, 0.3) is 0 Å². The summed E-state index contributed by atoms with van der Waals surface area (Å²) >= 11 is 0. The van der Waals surface area contributed by atoms with Crippen LogP contribution in [0.1, 0.15) is 24.7 Å². The van der Waals surface area contributed by atoms with E-state index in [-0.39, 0.29) is 12.6 Å². The maximum atomic E-state index is 5.97. The minimum Gasteiger partial charge on any atom is -0.493 e. The van der Waals surface area contributed by atoms with Gasteiger partial charge in [-0.3, -0.25) is 0 Å². The summed E-state index contributed by atoms with van der Waals surface area (Å²) in [5.41, 5.74) is 7.10. The van der Waals surface area contributed by atoms with Gasteiger partial charge in [0.25, 0.3) is 0 Å². The fraction of sp³-hybridized carbons (Fsp3) is 0.500. The highest BCUT2D eigenvalue weighted by atomic mass is 16.5. The lowest BCUT2D eigenvalue weighted by Gasteiger charge is -2.13. The number of ether oxygens (including phenoxy) is 2. The summed E-state index contributed by atoms with van der Waals surface area (Å²) in [6.07, 6.45) is 1.76. The van der Waals surface area contributed by atoms with Crippen molar-refractivity contribution in [1.29, 1.82) is 0 Å². The first-order chi connectivity index (χ1) is 10.1. The van der Waals surface area contributed by atoms with Crippen LogP contribution < -0.4 is 15.2 Å². The number of methoxy groups -OCH3 is 1. The third kappa shape index (κ3) is 4.16. The van der Waals surface area contributed by atoms with Gasteiger partial charge in [-0.1, -0.05) is 13.0 Å². The average molecular weight is 291 g/mol. The normalized spacial score (nSPS) is 12.2. The van der Waals surface area contributed by atoms with Crippen molar-refractivity contribution >= 4 is 0 Å². The highest BCUT2D eigenvalue weighted by molar-refractivity contribution is 5.43. The molecule has 0 spiro atoms. The largest absolute Gasteiger partial charge is 0.493 e. The summed E-state index contributed by atoms with van der Waals surface area (Å²) < 4.78 is 11.0. The molecule has 114 valence electrons. The van der Waals surface area contributed by atoms with Crippen molar-refractivity contribution in [3.63, 3.8) is 0 Å². The lowest BCUT2D eigenvalue weighted by molar-refractivity contribution is 0.275. The van der Waals surface area contributed by atoms with Gasteiger partial charge >= 0.3 is 0 Å². The lowest BCUT2D eigenvalue weighted by atomic mass is 10.0. The molecule has 0 aliphatic heterocycles. The Morgan fingerprint density at radius 2 is 2.14 bits per heavy atom. The van der Waals surface area contributed by atoms with Crippen LogP contribution in [0.5, 0.6) is 11.5 Å². The van der Waals surface area contributed by atoms with Crippen LogP contribution in [-0.4, -0.2) is 33.4 Å². The minimum absolute atomic E-state index is 0.158. The van der Waals surface area contributed by atoms with Gasteiger partial charge in [-0.2, -0.15) is 4.80 Å². The molecule has 1 aromatic carbocycles. The van der Waals surface area contributed by atoms with Crippen molar-refractivity contribution in [2.45, 2.75) is 32.4 Å². The number of nitrogens with two attached hydrogens (primary N) is 1. The number of hydrogen-bond donors (Lipinski definition) is 1. The van der Waals surface area contributed by atoms with Crippen molar-refractivity contribution in [1.82, 2.24) is 20.2 Å². The molecule has 0 saturated heterocycles. The predicted molar refractivity (Wildman–Crippen MR) is 78.1 cm³/mol. The van der Waals surface area contributed by atoms with Crippen LogP contribution >= 0.6 is 0 Å². The van der Waals surface area contributed by atoms with Crippen LogP contribution in [0.15, 0.2) is 18.2 Å². The summed E-state index contributed by atoms with van der Waals surface area (Å²) in [4.78, 5) is 1.39. The number of hydrogen-bond acceptors (Lipinski definition) is 6. The van der Waals surface area contributed by atoms with E-state index in [9.17, 15) is 0 Å². The van der Waals surface area contributed by atoms with Crippen molar-refractivity contribution in [2.24, 2.45) is 12.8 Å². The Kier molecular flexibility index (Phi) is 5.10. The molecule has 7 heteroatoms. The third-order valence-electron chi connectivity index (χ3n) is 3.16. The summed E-state index contributed by atoms with van der Waals surface area (Å²) in [6, 6.07) is 5.99. The fourth-order valence-electron chi connectivity index (χ4n) is 1.93. The fourth-order valence-corrected chi connectivity index (χ4v) is 1.93. The van der Waals surface area contributed by atoms with E-state index >= 15 is 0 Å². The molecule has 0 amide bonds. The summed E-state index contributed by atoms with van der Waals surface area (Å²) in [5, 5.41) is 11.7. The molecule has 2 rings (SSSR count). The first-order valence-corrected chi connectivity index (χ1v) is 6.90. The van der Waals surface area contributed by atoms with E-state index < -0.39 is 0 Å². The van der Waals surface area contributed by atoms with E-state index in [1.165, 1.54) is 4.80 Å².